The predicted octanol–water partition coefficient (Wildman–Crippen LogP) is 3.25. The van der Waals surface area contributed by atoms with Gasteiger partial charge in [0.15, 0.2) is 0 Å². The molecule has 0 unspecified atom stereocenters. The Morgan fingerprint density at radius 2 is 1.88 bits per heavy atom. The molecule has 1 aromatic carbocycles. The monoisotopic (exact) mass is 355 g/mol. The number of carbonyl (C=O) groups excluding carboxylic acids is 1. The zero-order chi connectivity index (χ0) is 17.7. The van der Waals surface area contributed by atoms with Crippen molar-refractivity contribution in [2.75, 3.05) is 38.6 Å². The molecule has 1 aliphatic heterocycles. The van der Waals surface area contributed by atoms with Crippen LogP contribution in [0.1, 0.15) is 19.4 Å². The van der Waals surface area contributed by atoms with Gasteiger partial charge in [-0.15, -0.1) is 0 Å². The lowest BCUT2D eigenvalue weighted by atomic mass is 10.0. The van der Waals surface area contributed by atoms with Crippen molar-refractivity contribution in [3.05, 3.63) is 29.3 Å². The first kappa shape index (κ1) is 18.5. The van der Waals surface area contributed by atoms with Gasteiger partial charge in [0.05, 0.1) is 45.2 Å². The Hall–Kier alpha value is -1.82. The van der Waals surface area contributed by atoms with Gasteiger partial charge in [-0.2, -0.15) is 0 Å². The van der Waals surface area contributed by atoms with E-state index in [0.717, 1.165) is 0 Å². The highest BCUT2D eigenvalue weighted by Crippen LogP contribution is 2.56. The van der Waals surface area contributed by atoms with Crippen molar-refractivity contribution in [1.82, 2.24) is 0 Å². The van der Waals surface area contributed by atoms with E-state index in [4.69, 9.17) is 18.5 Å². The van der Waals surface area contributed by atoms with Crippen LogP contribution >= 0.6 is 7.75 Å². The number of anilines is 1. The number of rotatable bonds is 7. The molecule has 0 saturated carbocycles. The van der Waals surface area contributed by atoms with Crippen molar-refractivity contribution in [3.8, 4) is 5.75 Å². The van der Waals surface area contributed by atoms with E-state index < -0.39 is 13.7 Å². The van der Waals surface area contributed by atoms with Gasteiger partial charge in [-0.3, -0.25) is 13.7 Å². The van der Waals surface area contributed by atoms with E-state index in [1.807, 2.05) is 0 Å². The molecule has 0 saturated heterocycles. The minimum atomic E-state index is -3.59. The van der Waals surface area contributed by atoms with E-state index in [2.05, 4.69) is 0 Å². The molecule has 1 aromatic rings. The normalized spacial score (nSPS) is 14.0. The third kappa shape index (κ3) is 3.64. The summed E-state index contributed by atoms with van der Waals surface area (Å²) in [6.45, 7) is 3.99. The summed E-state index contributed by atoms with van der Waals surface area (Å²) in [6, 6.07) is 5.28. The van der Waals surface area contributed by atoms with Crippen LogP contribution in [-0.4, -0.2) is 39.9 Å². The Morgan fingerprint density at radius 1 is 1.21 bits per heavy atom. The largest absolute Gasteiger partial charge is 0.497 e. The molecule has 24 heavy (non-hydrogen) atoms. The third-order valence-electron chi connectivity index (χ3n) is 3.49. The van der Waals surface area contributed by atoms with Crippen molar-refractivity contribution in [2.24, 2.45) is 0 Å². The van der Waals surface area contributed by atoms with Crippen LogP contribution in [0.3, 0.4) is 0 Å². The van der Waals surface area contributed by atoms with E-state index in [1.54, 1.807) is 45.2 Å². The van der Waals surface area contributed by atoms with Gasteiger partial charge >= 0.3 is 13.7 Å². The molecule has 0 amide bonds. The van der Waals surface area contributed by atoms with Crippen LogP contribution in [0.2, 0.25) is 0 Å². The van der Waals surface area contributed by atoms with Gasteiger partial charge in [0.25, 0.3) is 0 Å². The lowest BCUT2D eigenvalue weighted by molar-refractivity contribution is -0.136. The number of carbonyl (C=O) groups is 1. The van der Waals surface area contributed by atoms with Crippen molar-refractivity contribution in [1.29, 1.82) is 0 Å². The number of ether oxygens (including phenoxy) is 2. The van der Waals surface area contributed by atoms with Gasteiger partial charge in [0, 0.05) is 5.56 Å². The van der Waals surface area contributed by atoms with Gasteiger partial charge in [0.2, 0.25) is 0 Å². The fourth-order valence-electron chi connectivity index (χ4n) is 2.47. The van der Waals surface area contributed by atoms with E-state index in [-0.39, 0.29) is 19.8 Å². The summed E-state index contributed by atoms with van der Waals surface area (Å²) in [6.07, 6.45) is 1.70. The van der Waals surface area contributed by atoms with Gasteiger partial charge in [-0.1, -0.05) is 0 Å². The molecule has 0 aromatic heterocycles. The fraction of sp³-hybridized carbons (Fsp3) is 0.438. The molecule has 7 nitrogen and oxygen atoms in total. The summed E-state index contributed by atoms with van der Waals surface area (Å²) < 4.78 is 35.6. The lowest BCUT2D eigenvalue weighted by Gasteiger charge is -2.35. The number of hydrogen-bond acceptors (Lipinski definition) is 6. The summed E-state index contributed by atoms with van der Waals surface area (Å²) in [4.78, 5) is 12.0. The molecule has 132 valence electrons. The number of nitrogens with zero attached hydrogens (tertiary/aromatic N) is 1. The van der Waals surface area contributed by atoms with Crippen LogP contribution in [0.15, 0.2) is 23.8 Å². The second-order valence-corrected chi connectivity index (χ2v) is 6.88. The summed E-state index contributed by atoms with van der Waals surface area (Å²) in [5, 5.41) is 0. The summed E-state index contributed by atoms with van der Waals surface area (Å²) in [5.74, 6) is 0.131. The van der Waals surface area contributed by atoms with Crippen LogP contribution in [0.4, 0.5) is 5.69 Å². The summed E-state index contributed by atoms with van der Waals surface area (Å²) >= 11 is 0. The Kier molecular flexibility index (Phi) is 6.04. The third-order valence-corrected chi connectivity index (χ3v) is 5.61. The number of methoxy groups -OCH3 is 2. The Balaban J connectivity index is 2.56. The number of fused-ring (bicyclic) bond motifs is 1. The number of hydrogen-bond donors (Lipinski definition) is 0. The molecule has 0 fully saturated rings. The average Bonchev–Trinajstić information content (AvgIpc) is 2.59. The van der Waals surface area contributed by atoms with Crippen LogP contribution in [-0.2, 0) is 23.1 Å². The molecule has 0 atom stereocenters. The van der Waals surface area contributed by atoms with E-state index >= 15 is 0 Å². The van der Waals surface area contributed by atoms with Crippen LogP contribution in [0, 0.1) is 0 Å². The second kappa shape index (κ2) is 7.83. The first-order valence-electron chi connectivity index (χ1n) is 7.63. The molecule has 0 spiro atoms. The van der Waals surface area contributed by atoms with Crippen LogP contribution in [0.5, 0.6) is 5.75 Å². The first-order valence-corrected chi connectivity index (χ1v) is 9.12. The van der Waals surface area contributed by atoms with Crippen LogP contribution < -0.4 is 9.41 Å². The maximum absolute atomic E-state index is 13.2. The molecule has 0 bridgehead atoms. The van der Waals surface area contributed by atoms with E-state index in [1.165, 1.54) is 11.8 Å². The van der Waals surface area contributed by atoms with Crippen molar-refractivity contribution in [3.63, 3.8) is 0 Å². The van der Waals surface area contributed by atoms with Gasteiger partial charge in [-0.25, -0.2) is 9.36 Å². The quantitative estimate of drug-likeness (QED) is 0.549. The minimum Gasteiger partial charge on any atom is -0.497 e. The SMILES string of the molecule is CCOP(=O)(OCC)N1CC(C(=O)OC)=Cc2cc(OC)ccc21. The molecule has 0 N–H and O–H groups in total. The molecule has 2 rings (SSSR count). The first-order chi connectivity index (χ1) is 11.5. The van der Waals surface area contributed by atoms with E-state index in [0.29, 0.717) is 22.6 Å². The Bertz CT molecular complexity index is 677. The smallest absolute Gasteiger partial charge is 0.435 e. The molecule has 8 heteroatoms. The highest BCUT2D eigenvalue weighted by atomic mass is 31.2. The van der Waals surface area contributed by atoms with Crippen LogP contribution in [0.25, 0.3) is 6.08 Å². The van der Waals surface area contributed by atoms with Gasteiger partial charge < -0.3 is 9.47 Å². The highest BCUT2D eigenvalue weighted by molar-refractivity contribution is 7.55. The highest BCUT2D eigenvalue weighted by Gasteiger charge is 2.38. The Morgan fingerprint density at radius 3 is 2.42 bits per heavy atom. The predicted molar refractivity (Wildman–Crippen MR) is 91.2 cm³/mol. The van der Waals surface area contributed by atoms with Gasteiger partial charge in [0.1, 0.15) is 5.75 Å². The van der Waals surface area contributed by atoms with Gasteiger partial charge in [-0.05, 0) is 38.1 Å². The molecule has 1 aliphatic rings. The Labute approximate surface area is 141 Å². The van der Waals surface area contributed by atoms with E-state index in [9.17, 15) is 9.36 Å². The summed E-state index contributed by atoms with van der Waals surface area (Å²) in [7, 11) is -0.735. The lowest BCUT2D eigenvalue weighted by Crippen LogP contribution is -2.30. The standard InChI is InChI=1S/C16H22NO6P/c1-5-22-24(19,23-6-2)17-11-13(16(18)21-4)9-12-10-14(20-3)7-8-15(12)17/h7-10H,5-6,11H2,1-4H3. The molecular weight excluding hydrogens is 333 g/mol. The maximum Gasteiger partial charge on any atom is 0.435 e. The molecule has 0 radical (unpaired) electrons. The molecule has 0 aliphatic carbocycles. The average molecular weight is 355 g/mol. The van der Waals surface area contributed by atoms with Crippen molar-refractivity contribution >= 4 is 25.5 Å². The summed E-state index contributed by atoms with van der Waals surface area (Å²) in [5.41, 5.74) is 1.69. The number of benzene rings is 1. The van der Waals surface area contributed by atoms with Crippen molar-refractivity contribution in [2.45, 2.75) is 13.8 Å². The zero-order valence-electron chi connectivity index (χ0n) is 14.3. The number of esters is 1. The topological polar surface area (TPSA) is 74.3 Å². The second-order valence-electron chi connectivity index (χ2n) is 4.95. The maximum atomic E-state index is 13.2. The van der Waals surface area contributed by atoms with Crippen molar-refractivity contribution < 1.29 is 27.9 Å². The molecule has 1 heterocycles. The molecular formula is C16H22NO6P. The minimum absolute atomic E-state index is 0.0727. The fourth-order valence-corrected chi connectivity index (χ4v) is 4.24. The zero-order valence-corrected chi connectivity index (χ0v) is 15.2.